The molecule has 1 unspecified atom stereocenters. The van der Waals surface area contributed by atoms with Crippen LogP contribution in [0, 0.1) is 16.7 Å². The maximum atomic E-state index is 12.3. The minimum atomic E-state index is -0.754. The molecular formula is C15H25NO3. The fourth-order valence-electron chi connectivity index (χ4n) is 3.71. The lowest BCUT2D eigenvalue weighted by molar-refractivity contribution is -0.148. The van der Waals surface area contributed by atoms with Crippen LogP contribution in [0.3, 0.4) is 0 Å². The van der Waals surface area contributed by atoms with Crippen LogP contribution in [0.5, 0.6) is 0 Å². The average molecular weight is 267 g/mol. The molecule has 0 aromatic rings. The van der Waals surface area contributed by atoms with Crippen LogP contribution in [0.2, 0.25) is 0 Å². The highest BCUT2D eigenvalue weighted by Crippen LogP contribution is 2.43. The molecule has 0 aromatic carbocycles. The number of rotatable bonds is 4. The van der Waals surface area contributed by atoms with Crippen LogP contribution in [0.4, 0.5) is 0 Å². The maximum absolute atomic E-state index is 12.3. The predicted octanol–water partition coefficient (Wildman–Crippen LogP) is 2.57. The van der Waals surface area contributed by atoms with Gasteiger partial charge in [0.2, 0.25) is 5.91 Å². The number of carbonyl (C=O) groups is 2. The molecular weight excluding hydrogens is 242 g/mol. The van der Waals surface area contributed by atoms with Crippen LogP contribution in [-0.4, -0.2) is 23.5 Å². The van der Waals surface area contributed by atoms with E-state index in [4.69, 9.17) is 0 Å². The van der Waals surface area contributed by atoms with Crippen molar-refractivity contribution in [2.75, 3.05) is 6.54 Å². The predicted molar refractivity (Wildman–Crippen MR) is 72.7 cm³/mol. The van der Waals surface area contributed by atoms with Crippen molar-refractivity contribution in [3.8, 4) is 0 Å². The molecule has 0 aromatic heterocycles. The van der Waals surface area contributed by atoms with Crippen molar-refractivity contribution in [2.45, 2.75) is 58.8 Å². The molecule has 0 bridgehead atoms. The van der Waals surface area contributed by atoms with Crippen molar-refractivity contribution in [1.82, 2.24) is 5.32 Å². The fourth-order valence-corrected chi connectivity index (χ4v) is 3.71. The SMILES string of the molecule is CC1(C)CCCC1C(=O)NCC1(C(=O)O)CCCC1. The van der Waals surface area contributed by atoms with Gasteiger partial charge in [-0.05, 0) is 31.1 Å². The van der Waals surface area contributed by atoms with Crippen LogP contribution >= 0.6 is 0 Å². The average Bonchev–Trinajstić information content (AvgIpc) is 2.93. The highest BCUT2D eigenvalue weighted by Gasteiger charge is 2.43. The Balaban J connectivity index is 1.94. The van der Waals surface area contributed by atoms with Gasteiger partial charge in [0, 0.05) is 12.5 Å². The Morgan fingerprint density at radius 2 is 1.79 bits per heavy atom. The summed E-state index contributed by atoms with van der Waals surface area (Å²) >= 11 is 0. The van der Waals surface area contributed by atoms with Gasteiger partial charge in [-0.1, -0.05) is 33.1 Å². The number of hydrogen-bond acceptors (Lipinski definition) is 2. The van der Waals surface area contributed by atoms with Gasteiger partial charge in [-0.3, -0.25) is 9.59 Å². The molecule has 108 valence electrons. The van der Waals surface area contributed by atoms with E-state index in [-0.39, 0.29) is 17.2 Å². The first-order valence-electron chi connectivity index (χ1n) is 7.39. The monoisotopic (exact) mass is 267 g/mol. The number of carboxylic acids is 1. The normalized spacial score (nSPS) is 28.2. The van der Waals surface area contributed by atoms with E-state index in [9.17, 15) is 14.7 Å². The number of nitrogens with one attached hydrogen (secondary N) is 1. The van der Waals surface area contributed by atoms with E-state index in [0.29, 0.717) is 19.4 Å². The molecule has 2 aliphatic rings. The third-order valence-corrected chi connectivity index (χ3v) is 5.19. The van der Waals surface area contributed by atoms with Crippen molar-refractivity contribution in [3.63, 3.8) is 0 Å². The van der Waals surface area contributed by atoms with Gasteiger partial charge < -0.3 is 10.4 Å². The summed E-state index contributed by atoms with van der Waals surface area (Å²) in [6.45, 7) is 4.56. The summed E-state index contributed by atoms with van der Waals surface area (Å²) in [5, 5.41) is 12.3. The minimum absolute atomic E-state index is 0.0414. The van der Waals surface area contributed by atoms with E-state index in [0.717, 1.165) is 32.1 Å². The Bertz CT molecular complexity index is 370. The molecule has 0 saturated heterocycles. The van der Waals surface area contributed by atoms with Crippen LogP contribution in [0.15, 0.2) is 0 Å². The second-order valence-electron chi connectivity index (χ2n) is 6.94. The number of amides is 1. The first-order valence-corrected chi connectivity index (χ1v) is 7.39. The molecule has 0 radical (unpaired) electrons. The Morgan fingerprint density at radius 1 is 1.16 bits per heavy atom. The van der Waals surface area contributed by atoms with Crippen molar-refractivity contribution < 1.29 is 14.7 Å². The molecule has 2 saturated carbocycles. The molecule has 0 aliphatic heterocycles. The van der Waals surface area contributed by atoms with Crippen molar-refractivity contribution in [2.24, 2.45) is 16.7 Å². The zero-order valence-corrected chi connectivity index (χ0v) is 12.0. The van der Waals surface area contributed by atoms with E-state index < -0.39 is 11.4 Å². The molecule has 0 spiro atoms. The lowest BCUT2D eigenvalue weighted by Gasteiger charge is -2.29. The summed E-state index contributed by atoms with van der Waals surface area (Å²) in [4.78, 5) is 23.7. The summed E-state index contributed by atoms with van der Waals surface area (Å²) in [5.41, 5.74) is -0.658. The molecule has 2 fully saturated rings. The topological polar surface area (TPSA) is 66.4 Å². The van der Waals surface area contributed by atoms with E-state index in [2.05, 4.69) is 19.2 Å². The van der Waals surface area contributed by atoms with Crippen LogP contribution < -0.4 is 5.32 Å². The smallest absolute Gasteiger partial charge is 0.311 e. The van der Waals surface area contributed by atoms with Crippen LogP contribution in [-0.2, 0) is 9.59 Å². The number of aliphatic carboxylic acids is 1. The van der Waals surface area contributed by atoms with Gasteiger partial charge in [-0.2, -0.15) is 0 Å². The van der Waals surface area contributed by atoms with Gasteiger partial charge >= 0.3 is 5.97 Å². The van der Waals surface area contributed by atoms with Gasteiger partial charge in [-0.15, -0.1) is 0 Å². The summed E-state index contributed by atoms with van der Waals surface area (Å²) in [5.74, 6) is -0.661. The minimum Gasteiger partial charge on any atom is -0.481 e. The van der Waals surface area contributed by atoms with Crippen LogP contribution in [0.1, 0.15) is 58.8 Å². The van der Waals surface area contributed by atoms with Gasteiger partial charge in [-0.25, -0.2) is 0 Å². The van der Waals surface area contributed by atoms with Crippen molar-refractivity contribution in [1.29, 1.82) is 0 Å². The number of carboxylic acid groups (broad SMARTS) is 1. The lowest BCUT2D eigenvalue weighted by Crippen LogP contribution is -2.44. The van der Waals surface area contributed by atoms with Gasteiger partial charge in [0.25, 0.3) is 0 Å². The Hall–Kier alpha value is -1.06. The van der Waals surface area contributed by atoms with Gasteiger partial charge in [0.15, 0.2) is 0 Å². The summed E-state index contributed by atoms with van der Waals surface area (Å²) in [6, 6.07) is 0. The Morgan fingerprint density at radius 3 is 2.26 bits per heavy atom. The van der Waals surface area contributed by atoms with E-state index in [1.54, 1.807) is 0 Å². The third-order valence-electron chi connectivity index (χ3n) is 5.19. The summed E-state index contributed by atoms with van der Waals surface area (Å²) < 4.78 is 0. The molecule has 4 nitrogen and oxygen atoms in total. The van der Waals surface area contributed by atoms with E-state index in [1.165, 1.54) is 0 Å². The second-order valence-corrected chi connectivity index (χ2v) is 6.94. The fraction of sp³-hybridized carbons (Fsp3) is 0.867. The summed E-state index contributed by atoms with van der Waals surface area (Å²) in [6.07, 6.45) is 6.39. The largest absolute Gasteiger partial charge is 0.481 e. The zero-order valence-electron chi connectivity index (χ0n) is 12.0. The molecule has 2 N–H and O–H groups in total. The highest BCUT2D eigenvalue weighted by molar-refractivity contribution is 5.81. The molecule has 2 aliphatic carbocycles. The van der Waals surface area contributed by atoms with E-state index >= 15 is 0 Å². The first-order chi connectivity index (χ1) is 8.87. The van der Waals surface area contributed by atoms with Crippen LogP contribution in [0.25, 0.3) is 0 Å². The van der Waals surface area contributed by atoms with Gasteiger partial charge in [0.05, 0.1) is 5.41 Å². The molecule has 19 heavy (non-hydrogen) atoms. The van der Waals surface area contributed by atoms with Crippen molar-refractivity contribution in [3.05, 3.63) is 0 Å². The maximum Gasteiger partial charge on any atom is 0.311 e. The molecule has 4 heteroatoms. The molecule has 2 rings (SSSR count). The van der Waals surface area contributed by atoms with E-state index in [1.807, 2.05) is 0 Å². The lowest BCUT2D eigenvalue weighted by atomic mass is 9.80. The molecule has 1 amide bonds. The Labute approximate surface area is 115 Å². The number of carbonyl (C=O) groups excluding carboxylic acids is 1. The third kappa shape index (κ3) is 2.77. The Kier molecular flexibility index (Phi) is 3.88. The second kappa shape index (κ2) is 5.14. The molecule has 0 heterocycles. The highest BCUT2D eigenvalue weighted by atomic mass is 16.4. The standard InChI is InChI=1S/C15H25NO3/c1-14(2)7-5-6-11(14)12(17)16-10-15(13(18)19)8-3-4-9-15/h11H,3-10H2,1-2H3,(H,16,17)(H,18,19). The first kappa shape index (κ1) is 14.4. The summed E-state index contributed by atoms with van der Waals surface area (Å²) in [7, 11) is 0. The quantitative estimate of drug-likeness (QED) is 0.822. The zero-order chi connectivity index (χ0) is 14.1. The van der Waals surface area contributed by atoms with Gasteiger partial charge in [0.1, 0.15) is 0 Å². The molecule has 1 atom stereocenters. The van der Waals surface area contributed by atoms with Crippen molar-refractivity contribution >= 4 is 11.9 Å². The number of hydrogen-bond donors (Lipinski definition) is 2.